The Morgan fingerprint density at radius 2 is 1.82 bits per heavy atom. The van der Waals surface area contributed by atoms with Gasteiger partial charge in [0.25, 0.3) is 5.91 Å². The number of piperidine rings is 1. The van der Waals surface area contributed by atoms with Gasteiger partial charge in [-0.25, -0.2) is 18.7 Å². The van der Waals surface area contributed by atoms with Crippen LogP contribution in [-0.4, -0.2) is 71.7 Å². The standard InChI is InChI=1S/C23H27N3O7S/c1-33-18-7-9-19(10-8-18)34(31,32)26-20-15-25(22(28)29)12-11-17(20)14-23(26,21(27)24-30)13-16-5-3-2-4-6-16/h2-10,17,20,30H,11-15H2,1H3,(H,24,27)(H,28,29)/t17-,20-,23+/m0/s1. The fourth-order valence-corrected chi connectivity index (χ4v) is 7.21. The fraction of sp³-hybridized carbons (Fsp3) is 0.391. The van der Waals surface area contributed by atoms with Crippen LogP contribution in [0.15, 0.2) is 59.5 Å². The molecule has 3 atom stereocenters. The quantitative estimate of drug-likeness (QED) is 0.417. The normalized spacial score (nSPS) is 24.9. The molecule has 4 rings (SSSR count). The first kappa shape index (κ1) is 24.0. The number of hydrogen-bond donors (Lipinski definition) is 3. The molecule has 3 N–H and O–H groups in total. The molecule has 2 aliphatic heterocycles. The maximum Gasteiger partial charge on any atom is 0.407 e. The SMILES string of the molecule is COc1ccc(S(=O)(=O)N2[C@H]3CN(C(=O)O)CC[C@H]3C[C@]2(Cc2ccccc2)C(=O)NO)cc1. The van der Waals surface area contributed by atoms with Gasteiger partial charge in [-0.05, 0) is 48.6 Å². The summed E-state index contributed by atoms with van der Waals surface area (Å²) in [6, 6.07) is 14.0. The number of methoxy groups -OCH3 is 1. The molecule has 2 aromatic carbocycles. The maximum absolute atomic E-state index is 14.0. The van der Waals surface area contributed by atoms with Gasteiger partial charge < -0.3 is 14.7 Å². The zero-order chi connectivity index (χ0) is 24.5. The Morgan fingerprint density at radius 3 is 2.41 bits per heavy atom. The second kappa shape index (κ2) is 9.24. The summed E-state index contributed by atoms with van der Waals surface area (Å²) in [6.07, 6.45) is -0.564. The molecule has 0 aliphatic carbocycles. The van der Waals surface area contributed by atoms with Crippen LogP contribution in [-0.2, 0) is 21.2 Å². The van der Waals surface area contributed by atoms with E-state index in [4.69, 9.17) is 4.74 Å². The van der Waals surface area contributed by atoms with E-state index in [2.05, 4.69) is 0 Å². The molecular formula is C23H27N3O7S. The Balaban J connectivity index is 1.87. The van der Waals surface area contributed by atoms with E-state index < -0.39 is 33.6 Å². The number of ether oxygens (including phenoxy) is 1. The first-order valence-corrected chi connectivity index (χ1v) is 12.3. The van der Waals surface area contributed by atoms with Crippen molar-refractivity contribution < 1.29 is 33.1 Å². The smallest absolute Gasteiger partial charge is 0.407 e. The van der Waals surface area contributed by atoms with E-state index >= 15 is 0 Å². The van der Waals surface area contributed by atoms with E-state index in [1.54, 1.807) is 29.7 Å². The summed E-state index contributed by atoms with van der Waals surface area (Å²) in [5.74, 6) is -0.633. The van der Waals surface area contributed by atoms with Crippen molar-refractivity contribution in [3.05, 3.63) is 60.2 Å². The molecule has 2 heterocycles. The average Bonchev–Trinajstić information content (AvgIpc) is 3.18. The molecule has 0 aromatic heterocycles. The minimum Gasteiger partial charge on any atom is -0.497 e. The third-order valence-corrected chi connectivity index (χ3v) is 8.80. The van der Waals surface area contributed by atoms with Crippen molar-refractivity contribution in [2.24, 2.45) is 5.92 Å². The number of amides is 2. The van der Waals surface area contributed by atoms with Crippen molar-refractivity contribution >= 4 is 22.0 Å². The zero-order valence-electron chi connectivity index (χ0n) is 18.6. The Morgan fingerprint density at radius 1 is 1.15 bits per heavy atom. The fourth-order valence-electron chi connectivity index (χ4n) is 5.23. The van der Waals surface area contributed by atoms with Gasteiger partial charge in [0, 0.05) is 25.6 Å². The van der Waals surface area contributed by atoms with Gasteiger partial charge in [0.05, 0.1) is 12.0 Å². The molecular weight excluding hydrogens is 462 g/mol. The van der Waals surface area contributed by atoms with E-state index in [9.17, 15) is 28.3 Å². The highest BCUT2D eigenvalue weighted by molar-refractivity contribution is 7.89. The van der Waals surface area contributed by atoms with Crippen LogP contribution in [0, 0.1) is 5.92 Å². The van der Waals surface area contributed by atoms with Crippen LogP contribution in [0.2, 0.25) is 0 Å². The second-order valence-corrected chi connectivity index (χ2v) is 10.5. The number of hydroxylamine groups is 1. The molecule has 10 nitrogen and oxygen atoms in total. The lowest BCUT2D eigenvalue weighted by molar-refractivity contribution is -0.138. The monoisotopic (exact) mass is 489 g/mol. The predicted octanol–water partition coefficient (Wildman–Crippen LogP) is 1.94. The molecule has 0 bridgehead atoms. The maximum atomic E-state index is 14.0. The Labute approximate surface area is 197 Å². The lowest BCUT2D eigenvalue weighted by Crippen LogP contribution is -2.62. The number of likely N-dealkylation sites (tertiary alicyclic amines) is 1. The number of rotatable bonds is 6. The summed E-state index contributed by atoms with van der Waals surface area (Å²) in [5.41, 5.74) is 0.766. The van der Waals surface area contributed by atoms with Gasteiger partial charge in [-0.1, -0.05) is 30.3 Å². The second-order valence-electron chi connectivity index (χ2n) is 8.66. The molecule has 0 saturated carbocycles. The number of nitrogens with zero attached hydrogens (tertiary/aromatic N) is 2. The molecule has 11 heteroatoms. The minimum absolute atomic E-state index is 0.0235. The molecule has 34 heavy (non-hydrogen) atoms. The molecule has 182 valence electrons. The van der Waals surface area contributed by atoms with Crippen LogP contribution in [0.25, 0.3) is 0 Å². The Hall–Kier alpha value is -3.15. The van der Waals surface area contributed by atoms with Crippen LogP contribution in [0.1, 0.15) is 18.4 Å². The van der Waals surface area contributed by atoms with Crippen molar-refractivity contribution in [2.75, 3.05) is 20.2 Å². The molecule has 0 unspecified atom stereocenters. The number of carboxylic acid groups (broad SMARTS) is 1. The highest BCUT2D eigenvalue weighted by Crippen LogP contribution is 2.47. The molecule has 2 fully saturated rings. The van der Waals surface area contributed by atoms with Crippen molar-refractivity contribution in [1.82, 2.24) is 14.7 Å². The molecule has 2 saturated heterocycles. The van der Waals surface area contributed by atoms with Crippen molar-refractivity contribution in [3.8, 4) is 5.75 Å². The number of nitrogens with one attached hydrogen (secondary N) is 1. The number of sulfonamides is 1. The summed E-state index contributed by atoms with van der Waals surface area (Å²) in [7, 11) is -2.81. The molecule has 2 aliphatic rings. The summed E-state index contributed by atoms with van der Waals surface area (Å²) >= 11 is 0. The van der Waals surface area contributed by atoms with E-state index in [0.717, 1.165) is 9.87 Å². The van der Waals surface area contributed by atoms with E-state index in [-0.39, 0.29) is 36.7 Å². The van der Waals surface area contributed by atoms with Crippen LogP contribution in [0.5, 0.6) is 5.75 Å². The van der Waals surface area contributed by atoms with Gasteiger partial charge in [-0.15, -0.1) is 0 Å². The summed E-state index contributed by atoms with van der Waals surface area (Å²) < 4.78 is 34.4. The third-order valence-electron chi connectivity index (χ3n) is 6.79. The van der Waals surface area contributed by atoms with Gasteiger partial charge in [-0.3, -0.25) is 10.0 Å². The number of benzene rings is 2. The van der Waals surface area contributed by atoms with E-state index in [0.29, 0.717) is 12.2 Å². The molecule has 2 amide bonds. The first-order chi connectivity index (χ1) is 16.2. The Bertz CT molecular complexity index is 1160. The number of fused-ring (bicyclic) bond motifs is 1. The van der Waals surface area contributed by atoms with Gasteiger partial charge in [0.1, 0.15) is 11.3 Å². The van der Waals surface area contributed by atoms with Crippen LogP contribution in [0.3, 0.4) is 0 Å². The topological polar surface area (TPSA) is 136 Å². The van der Waals surface area contributed by atoms with Crippen molar-refractivity contribution in [1.29, 1.82) is 0 Å². The van der Waals surface area contributed by atoms with Crippen LogP contribution in [0.4, 0.5) is 4.79 Å². The largest absolute Gasteiger partial charge is 0.497 e. The molecule has 0 radical (unpaired) electrons. The summed E-state index contributed by atoms with van der Waals surface area (Å²) in [4.78, 5) is 26.1. The number of carbonyl (C=O) groups is 2. The van der Waals surface area contributed by atoms with Crippen LogP contribution < -0.4 is 10.2 Å². The molecule has 0 spiro atoms. The minimum atomic E-state index is -4.28. The summed E-state index contributed by atoms with van der Waals surface area (Å²) in [5, 5.41) is 19.3. The zero-order valence-corrected chi connectivity index (χ0v) is 19.4. The van der Waals surface area contributed by atoms with Gasteiger partial charge >= 0.3 is 6.09 Å². The predicted molar refractivity (Wildman–Crippen MR) is 121 cm³/mol. The van der Waals surface area contributed by atoms with Crippen molar-refractivity contribution in [2.45, 2.75) is 35.7 Å². The highest BCUT2D eigenvalue weighted by Gasteiger charge is 2.62. The van der Waals surface area contributed by atoms with Gasteiger partial charge in [0.15, 0.2) is 0 Å². The summed E-state index contributed by atoms with van der Waals surface area (Å²) in [6.45, 7) is 0.180. The average molecular weight is 490 g/mol. The van der Waals surface area contributed by atoms with E-state index in [1.165, 1.54) is 36.3 Å². The molecule has 2 aromatic rings. The first-order valence-electron chi connectivity index (χ1n) is 10.9. The Kier molecular flexibility index (Phi) is 6.52. The third kappa shape index (κ3) is 4.10. The number of carbonyl (C=O) groups excluding carboxylic acids is 1. The van der Waals surface area contributed by atoms with E-state index in [1.807, 2.05) is 6.07 Å². The highest BCUT2D eigenvalue weighted by atomic mass is 32.2. The van der Waals surface area contributed by atoms with Crippen molar-refractivity contribution in [3.63, 3.8) is 0 Å². The lowest BCUT2D eigenvalue weighted by atomic mass is 9.83. The van der Waals surface area contributed by atoms with Gasteiger partial charge in [0.2, 0.25) is 10.0 Å². The number of hydrogen-bond acceptors (Lipinski definition) is 6. The lowest BCUT2D eigenvalue weighted by Gasteiger charge is -2.40. The van der Waals surface area contributed by atoms with Crippen LogP contribution >= 0.6 is 0 Å². The van der Waals surface area contributed by atoms with Gasteiger partial charge in [-0.2, -0.15) is 4.31 Å².